The maximum Gasteiger partial charge on any atom is 0.518 e. The van der Waals surface area contributed by atoms with Crippen LogP contribution in [-0.2, 0) is 33.9 Å². The standard InChI is InChI=1S/C29H40F3NO8S/c1-16(6-9-25(38)41-12-4-5-24(37)33-42(39,40)29(30,31)32)19-7-8-20-26-21(15-23(36)28(19,20)3)27(2)11-10-18(34)13-17(27)14-22(26)35/h16-17,19-21,26H,4-15H2,1-3H3,(H,33,37)/p-1/t16-,17+,19-,20+,21+,26+,27+,28-/m1/s1. The molecule has 13 heteroatoms. The van der Waals surface area contributed by atoms with Crippen LogP contribution in [0.5, 0.6) is 0 Å². The number of hydrogen-bond donors (Lipinski definition) is 0. The Bertz CT molecular complexity index is 1260. The normalized spacial score (nSPS) is 36.2. The van der Waals surface area contributed by atoms with Gasteiger partial charge in [0, 0.05) is 43.4 Å². The first-order chi connectivity index (χ1) is 19.4. The fourth-order valence-electron chi connectivity index (χ4n) is 8.65. The van der Waals surface area contributed by atoms with E-state index in [0.29, 0.717) is 32.1 Å². The lowest BCUT2D eigenvalue weighted by Crippen LogP contribution is -2.60. The highest BCUT2D eigenvalue weighted by Crippen LogP contribution is 2.66. The van der Waals surface area contributed by atoms with Crippen LogP contribution >= 0.6 is 0 Å². The number of carbonyl (C=O) groups is 4. The minimum absolute atomic E-state index is 0.00670. The number of hydrogen-bond acceptors (Lipinski definition) is 8. The van der Waals surface area contributed by atoms with E-state index in [1.54, 1.807) is 0 Å². The number of sulfonamides is 1. The summed E-state index contributed by atoms with van der Waals surface area (Å²) in [6.07, 6.45) is 3.57. The number of ether oxygens (including phenoxy) is 1. The maximum atomic E-state index is 13.9. The minimum atomic E-state index is -5.90. The number of alkyl halides is 3. The molecule has 0 unspecified atom stereocenters. The van der Waals surface area contributed by atoms with E-state index in [-0.39, 0.29) is 77.7 Å². The molecular weight excluding hydrogens is 579 g/mol. The third-order valence-corrected chi connectivity index (χ3v) is 12.1. The molecule has 236 valence electrons. The lowest BCUT2D eigenvalue weighted by molar-refractivity contribution is -0.218. The van der Waals surface area contributed by atoms with E-state index in [1.807, 2.05) is 13.8 Å². The second-order valence-corrected chi connectivity index (χ2v) is 14.8. The van der Waals surface area contributed by atoms with E-state index in [2.05, 4.69) is 11.3 Å². The molecule has 0 N–H and O–H groups in total. The zero-order valence-electron chi connectivity index (χ0n) is 24.2. The molecule has 4 rings (SSSR count). The van der Waals surface area contributed by atoms with Gasteiger partial charge >= 0.3 is 21.5 Å². The highest BCUT2D eigenvalue weighted by molar-refractivity contribution is 7.91. The summed E-state index contributed by atoms with van der Waals surface area (Å²) in [5.74, 6) is -1.81. The largest absolute Gasteiger partial charge is 0.861 e. The van der Waals surface area contributed by atoms with Crippen molar-refractivity contribution < 1.29 is 50.6 Å². The molecule has 0 bridgehead atoms. The van der Waals surface area contributed by atoms with Gasteiger partial charge in [-0.3, -0.25) is 19.2 Å². The zero-order chi connectivity index (χ0) is 31.3. The highest BCUT2D eigenvalue weighted by Gasteiger charge is 2.66. The fraction of sp³-hybridized carbons (Fsp3) is 0.828. The van der Waals surface area contributed by atoms with E-state index in [1.165, 1.54) is 0 Å². The molecule has 4 aliphatic carbocycles. The second kappa shape index (κ2) is 11.6. The summed E-state index contributed by atoms with van der Waals surface area (Å²) in [4.78, 5) is 51.8. The number of Topliss-reactive ketones (excluding diaryl/α,β-unsaturated/α-hetero) is 3. The average Bonchev–Trinajstić information content (AvgIpc) is 3.24. The molecule has 0 saturated heterocycles. The van der Waals surface area contributed by atoms with Crippen molar-refractivity contribution in [3.05, 3.63) is 0 Å². The smallest absolute Gasteiger partial charge is 0.518 e. The predicted molar refractivity (Wildman–Crippen MR) is 142 cm³/mol. The first-order valence-electron chi connectivity index (χ1n) is 14.7. The van der Waals surface area contributed by atoms with Gasteiger partial charge in [-0.05, 0) is 79.4 Å². The number of carbonyl (C=O) groups excluding carboxylic acids is 4. The van der Waals surface area contributed by atoms with Crippen LogP contribution in [-0.4, -0.2) is 49.7 Å². The third kappa shape index (κ3) is 5.91. The van der Waals surface area contributed by atoms with Gasteiger partial charge in [0.05, 0.1) is 6.61 Å². The van der Waals surface area contributed by atoms with Crippen LogP contribution in [0.1, 0.15) is 91.4 Å². The van der Waals surface area contributed by atoms with Crippen molar-refractivity contribution in [2.75, 3.05) is 6.61 Å². The Balaban J connectivity index is 1.31. The van der Waals surface area contributed by atoms with Gasteiger partial charge in [-0.25, -0.2) is 0 Å². The van der Waals surface area contributed by atoms with Crippen molar-refractivity contribution in [2.45, 2.75) is 96.9 Å². The zero-order valence-corrected chi connectivity index (χ0v) is 25.0. The van der Waals surface area contributed by atoms with Crippen molar-refractivity contribution in [1.82, 2.24) is 0 Å². The van der Waals surface area contributed by atoms with Gasteiger partial charge in [-0.1, -0.05) is 20.8 Å². The Labute approximate surface area is 244 Å². The van der Waals surface area contributed by atoms with Crippen molar-refractivity contribution in [3.63, 3.8) is 0 Å². The summed E-state index contributed by atoms with van der Waals surface area (Å²) in [6.45, 7) is 5.85. The van der Waals surface area contributed by atoms with Gasteiger partial charge in [0.15, 0.2) is 0 Å². The molecule has 4 aliphatic rings. The van der Waals surface area contributed by atoms with Gasteiger partial charge in [0.25, 0.3) is 0 Å². The molecule has 9 nitrogen and oxygen atoms in total. The Morgan fingerprint density at radius 1 is 1.10 bits per heavy atom. The summed E-state index contributed by atoms with van der Waals surface area (Å²) >= 11 is 0. The minimum Gasteiger partial charge on any atom is -0.861 e. The van der Waals surface area contributed by atoms with Gasteiger partial charge in [0.1, 0.15) is 17.3 Å². The SMILES string of the molecule is C[C@H](CCC(=O)OCCC/C([O-])=N/S(=O)(=O)C(F)(F)F)[C@H]1CC[C@H]2[C@@H]3C(=O)C[C@@H]4CC(=O)CC[C@]4(C)[C@H]3CC(=O)[C@]12C. The van der Waals surface area contributed by atoms with Crippen LogP contribution in [0, 0.1) is 46.3 Å². The maximum absolute atomic E-state index is 13.9. The fourth-order valence-corrected chi connectivity index (χ4v) is 9.11. The second-order valence-electron chi connectivity index (χ2n) is 13.2. The molecular formula is C29H39F3NO8S-. The van der Waals surface area contributed by atoms with E-state index in [4.69, 9.17) is 4.74 Å². The molecule has 0 spiro atoms. The van der Waals surface area contributed by atoms with Crippen LogP contribution in [0.15, 0.2) is 4.40 Å². The molecule has 0 aromatic heterocycles. The molecule has 42 heavy (non-hydrogen) atoms. The van der Waals surface area contributed by atoms with Gasteiger partial charge in [-0.15, -0.1) is 0 Å². The van der Waals surface area contributed by atoms with Gasteiger partial charge in [0.2, 0.25) is 0 Å². The topological polar surface area (TPSA) is 147 Å². The van der Waals surface area contributed by atoms with Crippen molar-refractivity contribution in [3.8, 4) is 0 Å². The van der Waals surface area contributed by atoms with Crippen LogP contribution < -0.4 is 5.11 Å². The first-order valence-corrected chi connectivity index (χ1v) is 16.2. The molecule has 8 atom stereocenters. The Morgan fingerprint density at radius 3 is 2.45 bits per heavy atom. The monoisotopic (exact) mass is 618 g/mol. The predicted octanol–water partition coefficient (Wildman–Crippen LogP) is 3.92. The number of rotatable bonds is 9. The molecule has 0 aromatic rings. The number of nitrogens with zero attached hydrogens (tertiary/aromatic N) is 1. The highest BCUT2D eigenvalue weighted by atomic mass is 32.2. The van der Waals surface area contributed by atoms with Crippen LogP contribution in [0.4, 0.5) is 13.2 Å². The average molecular weight is 619 g/mol. The lowest BCUT2D eigenvalue weighted by Gasteiger charge is -2.58. The Hall–Kier alpha value is -2.31. The number of halogens is 3. The molecule has 0 heterocycles. The van der Waals surface area contributed by atoms with Crippen molar-refractivity contribution in [1.29, 1.82) is 0 Å². The molecule has 4 fully saturated rings. The Morgan fingerprint density at radius 2 is 1.79 bits per heavy atom. The first kappa shape index (κ1) is 32.6. The number of ketones is 3. The molecule has 4 saturated carbocycles. The number of fused-ring (bicyclic) bond motifs is 5. The third-order valence-electron chi connectivity index (χ3n) is 11.0. The summed E-state index contributed by atoms with van der Waals surface area (Å²) in [5, 5.41) is 11.4. The summed E-state index contributed by atoms with van der Waals surface area (Å²) in [6, 6.07) is 0. The van der Waals surface area contributed by atoms with Crippen LogP contribution in [0.2, 0.25) is 0 Å². The Kier molecular flexibility index (Phi) is 9.04. The van der Waals surface area contributed by atoms with Crippen LogP contribution in [0.25, 0.3) is 0 Å². The summed E-state index contributed by atoms with van der Waals surface area (Å²) in [7, 11) is -5.90. The molecule has 0 aromatic carbocycles. The van der Waals surface area contributed by atoms with Gasteiger partial charge < -0.3 is 9.84 Å². The summed E-state index contributed by atoms with van der Waals surface area (Å²) < 4.78 is 66.1. The molecule has 0 radical (unpaired) electrons. The van der Waals surface area contributed by atoms with E-state index in [9.17, 15) is 45.9 Å². The quantitative estimate of drug-likeness (QED) is 0.164. The van der Waals surface area contributed by atoms with Gasteiger partial charge in [-0.2, -0.15) is 26.0 Å². The molecule has 0 amide bonds. The van der Waals surface area contributed by atoms with Crippen LogP contribution in [0.3, 0.4) is 0 Å². The van der Waals surface area contributed by atoms with E-state index in [0.717, 1.165) is 19.3 Å². The summed E-state index contributed by atoms with van der Waals surface area (Å²) in [5.41, 5.74) is -6.52. The molecule has 0 aliphatic heterocycles. The number of esters is 1. The van der Waals surface area contributed by atoms with Crippen molar-refractivity contribution in [2.24, 2.45) is 50.7 Å². The lowest BCUT2D eigenvalue weighted by atomic mass is 9.44. The van der Waals surface area contributed by atoms with E-state index < -0.39 is 39.2 Å². The van der Waals surface area contributed by atoms with Crippen molar-refractivity contribution >= 4 is 39.2 Å². The van der Waals surface area contributed by atoms with E-state index >= 15 is 0 Å².